The van der Waals surface area contributed by atoms with Crippen LogP contribution in [0.15, 0.2) is 24.3 Å². The van der Waals surface area contributed by atoms with Crippen molar-refractivity contribution in [2.24, 2.45) is 0 Å². The average Bonchev–Trinajstić information content (AvgIpc) is 2.27. The second kappa shape index (κ2) is 6.49. The van der Waals surface area contributed by atoms with Crippen LogP contribution < -0.4 is 10.6 Å². The number of nitrogens with two attached hydrogens (primary N) is 1. The molecule has 0 bridgehead atoms. The molecular formula is C12H17F3N2O. The van der Waals surface area contributed by atoms with Gasteiger partial charge in [-0.2, -0.15) is 0 Å². The number of ether oxygens (including phenoxy) is 1. The van der Waals surface area contributed by atoms with E-state index in [0.29, 0.717) is 12.2 Å². The molecule has 2 N–H and O–H groups in total. The molecule has 1 aromatic carbocycles. The van der Waals surface area contributed by atoms with E-state index in [1.165, 1.54) is 0 Å². The zero-order valence-corrected chi connectivity index (χ0v) is 10.2. The highest BCUT2D eigenvalue weighted by Crippen LogP contribution is 2.23. The highest BCUT2D eigenvalue weighted by atomic mass is 19.4. The summed E-state index contributed by atoms with van der Waals surface area (Å²) in [5.74, 6) is 0. The fourth-order valence-electron chi connectivity index (χ4n) is 1.67. The predicted octanol–water partition coefficient (Wildman–Crippen LogP) is 3.02. The van der Waals surface area contributed by atoms with E-state index in [0.717, 1.165) is 12.1 Å². The van der Waals surface area contributed by atoms with Gasteiger partial charge in [-0.25, -0.2) is 0 Å². The average molecular weight is 262 g/mol. The van der Waals surface area contributed by atoms with Crippen molar-refractivity contribution in [3.05, 3.63) is 24.3 Å². The lowest BCUT2D eigenvalue weighted by atomic mass is 10.2. The van der Waals surface area contributed by atoms with Crippen molar-refractivity contribution in [3.63, 3.8) is 0 Å². The number of nitrogen functional groups attached to an aromatic ring is 1. The Balaban J connectivity index is 2.63. The number of anilines is 2. The number of hydrogen-bond acceptors (Lipinski definition) is 3. The molecule has 0 amide bonds. The molecule has 0 saturated carbocycles. The number of alkyl halides is 3. The molecule has 0 aliphatic rings. The summed E-state index contributed by atoms with van der Waals surface area (Å²) >= 11 is 0. The van der Waals surface area contributed by atoms with E-state index >= 15 is 0 Å². The first kappa shape index (κ1) is 14.6. The van der Waals surface area contributed by atoms with Crippen LogP contribution in [0.25, 0.3) is 0 Å². The number of rotatable bonds is 6. The lowest BCUT2D eigenvalue weighted by molar-refractivity contribution is -0.323. The standard InChI is InChI=1S/C12H17F3N2O/c1-2-7-17(8-9-18-12(13,14)15)11-6-4-3-5-10(11)16/h3-6H,2,7-9,16H2,1H3. The number of para-hydroxylation sites is 2. The van der Waals surface area contributed by atoms with Gasteiger partial charge in [-0.3, -0.25) is 4.74 Å². The van der Waals surface area contributed by atoms with Gasteiger partial charge in [0.25, 0.3) is 0 Å². The maximum Gasteiger partial charge on any atom is 0.522 e. The van der Waals surface area contributed by atoms with Gasteiger partial charge in [0.1, 0.15) is 0 Å². The minimum atomic E-state index is -4.58. The summed E-state index contributed by atoms with van der Waals surface area (Å²) in [6.45, 7) is 2.34. The summed E-state index contributed by atoms with van der Waals surface area (Å²) in [7, 11) is 0. The fourth-order valence-corrected chi connectivity index (χ4v) is 1.67. The Bertz CT molecular complexity index is 369. The Labute approximate surface area is 104 Å². The van der Waals surface area contributed by atoms with Crippen LogP contribution in [0.1, 0.15) is 13.3 Å². The first-order chi connectivity index (χ1) is 8.44. The topological polar surface area (TPSA) is 38.5 Å². The van der Waals surface area contributed by atoms with Gasteiger partial charge in [-0.1, -0.05) is 19.1 Å². The van der Waals surface area contributed by atoms with Gasteiger partial charge < -0.3 is 10.6 Å². The van der Waals surface area contributed by atoms with E-state index in [1.54, 1.807) is 29.2 Å². The number of halogens is 3. The third-order valence-corrected chi connectivity index (χ3v) is 2.40. The van der Waals surface area contributed by atoms with Gasteiger partial charge >= 0.3 is 6.36 Å². The number of benzene rings is 1. The lowest BCUT2D eigenvalue weighted by Gasteiger charge is -2.25. The predicted molar refractivity (Wildman–Crippen MR) is 65.4 cm³/mol. The highest BCUT2D eigenvalue weighted by Gasteiger charge is 2.29. The Morgan fingerprint density at radius 3 is 2.44 bits per heavy atom. The van der Waals surface area contributed by atoms with Crippen LogP contribution in [0.2, 0.25) is 0 Å². The Morgan fingerprint density at radius 1 is 1.22 bits per heavy atom. The molecule has 0 atom stereocenters. The molecule has 0 fully saturated rings. The van der Waals surface area contributed by atoms with Crippen molar-refractivity contribution in [1.29, 1.82) is 0 Å². The van der Waals surface area contributed by atoms with Crippen molar-refractivity contribution in [3.8, 4) is 0 Å². The van der Waals surface area contributed by atoms with E-state index in [-0.39, 0.29) is 6.54 Å². The summed E-state index contributed by atoms with van der Waals surface area (Å²) in [5.41, 5.74) is 7.10. The zero-order chi connectivity index (χ0) is 13.6. The summed E-state index contributed by atoms with van der Waals surface area (Å²) in [6.07, 6.45) is -3.76. The highest BCUT2D eigenvalue weighted by molar-refractivity contribution is 5.67. The van der Waals surface area contributed by atoms with E-state index < -0.39 is 13.0 Å². The zero-order valence-electron chi connectivity index (χ0n) is 10.2. The minimum absolute atomic E-state index is 0.154. The molecule has 0 aliphatic heterocycles. The second-order valence-corrected chi connectivity index (χ2v) is 3.84. The van der Waals surface area contributed by atoms with Crippen molar-refractivity contribution in [2.75, 3.05) is 30.3 Å². The molecule has 102 valence electrons. The summed E-state index contributed by atoms with van der Waals surface area (Å²) < 4.78 is 39.5. The van der Waals surface area contributed by atoms with Gasteiger partial charge in [0.2, 0.25) is 0 Å². The molecule has 0 radical (unpaired) electrons. The summed E-state index contributed by atoms with van der Waals surface area (Å²) in [4.78, 5) is 1.79. The summed E-state index contributed by atoms with van der Waals surface area (Å²) in [6, 6.07) is 7.11. The monoisotopic (exact) mass is 262 g/mol. The van der Waals surface area contributed by atoms with E-state index in [2.05, 4.69) is 4.74 Å². The van der Waals surface area contributed by atoms with Crippen LogP contribution in [-0.2, 0) is 4.74 Å². The Hall–Kier alpha value is -1.43. The van der Waals surface area contributed by atoms with Crippen molar-refractivity contribution in [1.82, 2.24) is 0 Å². The molecule has 0 spiro atoms. The first-order valence-corrected chi connectivity index (χ1v) is 5.74. The van der Waals surface area contributed by atoms with E-state index in [1.807, 2.05) is 6.92 Å². The molecule has 1 aromatic rings. The van der Waals surface area contributed by atoms with Crippen LogP contribution in [0, 0.1) is 0 Å². The number of hydrogen-bond donors (Lipinski definition) is 1. The second-order valence-electron chi connectivity index (χ2n) is 3.84. The Morgan fingerprint density at radius 2 is 1.89 bits per heavy atom. The van der Waals surface area contributed by atoms with Crippen molar-refractivity contribution < 1.29 is 17.9 Å². The molecule has 0 aromatic heterocycles. The quantitative estimate of drug-likeness (QED) is 0.801. The fraction of sp³-hybridized carbons (Fsp3) is 0.500. The molecule has 6 heteroatoms. The SMILES string of the molecule is CCCN(CCOC(F)(F)F)c1ccccc1N. The van der Waals surface area contributed by atoms with E-state index in [4.69, 9.17) is 5.73 Å². The Kier molecular flexibility index (Phi) is 5.27. The lowest BCUT2D eigenvalue weighted by Crippen LogP contribution is -2.30. The maximum absolute atomic E-state index is 11.9. The molecule has 0 unspecified atom stereocenters. The van der Waals surface area contributed by atoms with Crippen LogP contribution in [0.5, 0.6) is 0 Å². The number of nitrogens with zero attached hydrogens (tertiary/aromatic N) is 1. The molecule has 0 saturated heterocycles. The first-order valence-electron chi connectivity index (χ1n) is 5.74. The third-order valence-electron chi connectivity index (χ3n) is 2.40. The molecule has 0 heterocycles. The normalized spacial score (nSPS) is 11.6. The smallest absolute Gasteiger partial charge is 0.397 e. The molecule has 0 aliphatic carbocycles. The van der Waals surface area contributed by atoms with E-state index in [9.17, 15) is 13.2 Å². The largest absolute Gasteiger partial charge is 0.522 e. The van der Waals surface area contributed by atoms with Gasteiger partial charge in [-0.05, 0) is 18.6 Å². The van der Waals surface area contributed by atoms with Crippen LogP contribution in [0.3, 0.4) is 0 Å². The minimum Gasteiger partial charge on any atom is -0.397 e. The van der Waals surface area contributed by atoms with Crippen molar-refractivity contribution >= 4 is 11.4 Å². The summed E-state index contributed by atoms with van der Waals surface area (Å²) in [5, 5.41) is 0. The molecule has 18 heavy (non-hydrogen) atoms. The molecule has 3 nitrogen and oxygen atoms in total. The third kappa shape index (κ3) is 4.83. The van der Waals surface area contributed by atoms with Gasteiger partial charge in [-0.15, -0.1) is 13.2 Å². The van der Waals surface area contributed by atoms with Gasteiger partial charge in [0.05, 0.1) is 18.0 Å². The van der Waals surface area contributed by atoms with Crippen LogP contribution >= 0.6 is 0 Å². The van der Waals surface area contributed by atoms with Crippen LogP contribution in [0.4, 0.5) is 24.5 Å². The van der Waals surface area contributed by atoms with Crippen molar-refractivity contribution in [2.45, 2.75) is 19.7 Å². The molecular weight excluding hydrogens is 245 g/mol. The van der Waals surface area contributed by atoms with Gasteiger partial charge in [0, 0.05) is 13.1 Å². The molecule has 1 rings (SSSR count). The van der Waals surface area contributed by atoms with Gasteiger partial charge in [0.15, 0.2) is 0 Å². The maximum atomic E-state index is 11.9. The van der Waals surface area contributed by atoms with Crippen LogP contribution in [-0.4, -0.2) is 26.1 Å².